The fourth-order valence-electron chi connectivity index (χ4n) is 2.83. The van der Waals surface area contributed by atoms with Crippen LogP contribution in [0.5, 0.6) is 0 Å². The highest BCUT2D eigenvalue weighted by Crippen LogP contribution is 2.33. The number of anilines is 1. The van der Waals surface area contributed by atoms with Gasteiger partial charge in [0.15, 0.2) is 4.77 Å². The summed E-state index contributed by atoms with van der Waals surface area (Å²) in [7, 11) is 2.07. The molecule has 1 aliphatic carbocycles. The van der Waals surface area contributed by atoms with Crippen molar-refractivity contribution in [2.45, 2.75) is 38.3 Å². The summed E-state index contributed by atoms with van der Waals surface area (Å²) in [5.41, 5.74) is 1.29. The van der Waals surface area contributed by atoms with Crippen molar-refractivity contribution in [2.24, 2.45) is 0 Å². The minimum absolute atomic E-state index is 0.507. The predicted octanol–water partition coefficient (Wildman–Crippen LogP) is 4.52. The average molecular weight is 373 g/mol. The number of aromatic amines is 1. The minimum atomic E-state index is 0.507. The van der Waals surface area contributed by atoms with Gasteiger partial charge >= 0.3 is 0 Å². The Labute approximate surface area is 135 Å². The van der Waals surface area contributed by atoms with Gasteiger partial charge in [0.05, 0.1) is 3.79 Å². The van der Waals surface area contributed by atoms with Crippen LogP contribution < -0.4 is 4.90 Å². The van der Waals surface area contributed by atoms with Crippen LogP contribution in [0.4, 0.5) is 5.95 Å². The number of nitrogens with zero attached hydrogens (tertiary/aromatic N) is 3. The zero-order valence-electron chi connectivity index (χ0n) is 11.3. The van der Waals surface area contributed by atoms with E-state index in [0.717, 1.165) is 21.1 Å². The van der Waals surface area contributed by atoms with E-state index in [-0.39, 0.29) is 0 Å². The Kier molecular flexibility index (Phi) is 4.28. The van der Waals surface area contributed by atoms with Crippen molar-refractivity contribution in [3.63, 3.8) is 0 Å². The zero-order chi connectivity index (χ0) is 14.1. The van der Waals surface area contributed by atoms with E-state index in [1.165, 1.54) is 31.2 Å². The summed E-state index contributed by atoms with van der Waals surface area (Å²) in [4.78, 5) is 2.17. The van der Waals surface area contributed by atoms with Crippen molar-refractivity contribution in [3.05, 3.63) is 25.6 Å². The van der Waals surface area contributed by atoms with E-state index in [4.69, 9.17) is 12.2 Å². The highest BCUT2D eigenvalue weighted by atomic mass is 79.9. The molecular weight excluding hydrogens is 356 g/mol. The van der Waals surface area contributed by atoms with Gasteiger partial charge in [-0.1, -0.05) is 12.8 Å². The zero-order valence-corrected chi connectivity index (χ0v) is 14.5. The van der Waals surface area contributed by atoms with Crippen LogP contribution in [0.3, 0.4) is 0 Å². The van der Waals surface area contributed by atoms with Crippen LogP contribution in [0.15, 0.2) is 15.2 Å². The van der Waals surface area contributed by atoms with Crippen molar-refractivity contribution in [1.82, 2.24) is 14.8 Å². The molecule has 7 heteroatoms. The molecule has 0 aliphatic heterocycles. The number of rotatable bonds is 4. The fourth-order valence-corrected chi connectivity index (χ4v) is 4.31. The maximum absolute atomic E-state index is 5.41. The molecule has 1 aliphatic rings. The minimum Gasteiger partial charge on any atom is -0.340 e. The van der Waals surface area contributed by atoms with Gasteiger partial charge in [-0.15, -0.1) is 16.4 Å². The van der Waals surface area contributed by atoms with Gasteiger partial charge in [-0.25, -0.2) is 5.10 Å². The van der Waals surface area contributed by atoms with Crippen molar-refractivity contribution < 1.29 is 0 Å². The summed E-state index contributed by atoms with van der Waals surface area (Å²) in [5, 5.41) is 9.55. The third-order valence-electron chi connectivity index (χ3n) is 3.76. The van der Waals surface area contributed by atoms with E-state index >= 15 is 0 Å². The van der Waals surface area contributed by atoms with Crippen molar-refractivity contribution >= 4 is 45.4 Å². The Balaban J connectivity index is 1.84. The fraction of sp³-hybridized carbons (Fsp3) is 0.538. The molecule has 2 aromatic heterocycles. The molecule has 1 saturated carbocycles. The monoisotopic (exact) mass is 372 g/mol. The van der Waals surface area contributed by atoms with Crippen molar-refractivity contribution in [1.29, 1.82) is 0 Å². The lowest BCUT2D eigenvalue weighted by atomic mass is 10.2. The average Bonchev–Trinajstić information content (AvgIpc) is 3.10. The summed E-state index contributed by atoms with van der Waals surface area (Å²) in [6, 6.07) is 2.66. The molecular formula is C13H17BrN4S2. The molecule has 0 saturated heterocycles. The maximum Gasteiger partial charge on any atom is 0.226 e. The summed E-state index contributed by atoms with van der Waals surface area (Å²) in [6.45, 7) is 0.842. The number of thiophene rings is 1. The number of nitrogens with one attached hydrogen (secondary N) is 1. The van der Waals surface area contributed by atoms with E-state index in [9.17, 15) is 0 Å². The number of halogens is 1. The van der Waals surface area contributed by atoms with E-state index in [2.05, 4.69) is 54.1 Å². The first-order valence-electron chi connectivity index (χ1n) is 6.76. The van der Waals surface area contributed by atoms with E-state index in [1.54, 1.807) is 11.3 Å². The second-order valence-corrected chi connectivity index (χ2v) is 7.93. The highest BCUT2D eigenvalue weighted by molar-refractivity contribution is 9.11. The van der Waals surface area contributed by atoms with Gasteiger partial charge in [0.25, 0.3) is 0 Å². The number of hydrogen-bond acceptors (Lipinski definition) is 4. The van der Waals surface area contributed by atoms with Crippen LogP contribution >= 0.6 is 39.5 Å². The second kappa shape index (κ2) is 5.99. The predicted molar refractivity (Wildman–Crippen MR) is 89.0 cm³/mol. The molecule has 2 aromatic rings. The molecule has 0 radical (unpaired) electrons. The van der Waals surface area contributed by atoms with Gasteiger partial charge in [0.1, 0.15) is 0 Å². The van der Waals surface area contributed by atoms with E-state index in [0.29, 0.717) is 6.04 Å². The summed E-state index contributed by atoms with van der Waals surface area (Å²) >= 11 is 10.6. The highest BCUT2D eigenvalue weighted by Gasteiger charge is 2.22. The molecule has 3 rings (SSSR count). The normalized spacial score (nSPS) is 15.9. The van der Waals surface area contributed by atoms with Crippen LogP contribution in [0.25, 0.3) is 0 Å². The standard InChI is InChI=1S/C13H17BrN4S2/c1-17(7-9-6-11(14)20-8-9)12-15-16-13(19)18(12)10-4-2-3-5-10/h6,8,10H,2-5,7H2,1H3,(H,16,19). The molecule has 0 atom stereocenters. The Morgan fingerprint density at radius 1 is 1.55 bits per heavy atom. The van der Waals surface area contributed by atoms with E-state index in [1.807, 2.05) is 0 Å². The molecule has 0 amide bonds. The molecule has 2 heterocycles. The second-order valence-electron chi connectivity index (χ2n) is 5.25. The molecule has 4 nitrogen and oxygen atoms in total. The third-order valence-corrected chi connectivity index (χ3v) is 5.60. The largest absolute Gasteiger partial charge is 0.340 e. The van der Waals surface area contributed by atoms with Crippen LogP contribution in [0, 0.1) is 4.77 Å². The van der Waals surface area contributed by atoms with Crippen LogP contribution in [0.1, 0.15) is 37.3 Å². The molecule has 0 spiro atoms. The van der Waals surface area contributed by atoms with Gasteiger partial charge in [-0.3, -0.25) is 4.57 Å². The quantitative estimate of drug-likeness (QED) is 0.801. The Hall–Kier alpha value is -0.660. The lowest BCUT2D eigenvalue weighted by molar-refractivity contribution is 0.509. The van der Waals surface area contributed by atoms with Crippen LogP contribution in [0.2, 0.25) is 0 Å². The molecule has 1 fully saturated rings. The Morgan fingerprint density at radius 3 is 2.95 bits per heavy atom. The lowest BCUT2D eigenvalue weighted by Gasteiger charge is -2.21. The summed E-state index contributed by atoms with van der Waals surface area (Å²) < 4.78 is 4.10. The van der Waals surface area contributed by atoms with E-state index < -0.39 is 0 Å². The molecule has 0 aromatic carbocycles. The molecule has 0 bridgehead atoms. The van der Waals surface area contributed by atoms with Gasteiger partial charge < -0.3 is 4.90 Å². The van der Waals surface area contributed by atoms with Gasteiger partial charge in [0, 0.05) is 19.6 Å². The van der Waals surface area contributed by atoms with Gasteiger partial charge in [-0.05, 0) is 58.0 Å². The summed E-state index contributed by atoms with van der Waals surface area (Å²) in [5.74, 6) is 0.948. The topological polar surface area (TPSA) is 36.9 Å². The van der Waals surface area contributed by atoms with Crippen LogP contribution in [-0.2, 0) is 6.54 Å². The van der Waals surface area contributed by atoms with Crippen molar-refractivity contribution in [2.75, 3.05) is 11.9 Å². The third kappa shape index (κ3) is 2.84. The first-order chi connectivity index (χ1) is 9.65. The SMILES string of the molecule is CN(Cc1csc(Br)c1)c1n[nH]c(=S)n1C1CCCC1. The first kappa shape index (κ1) is 14.3. The Morgan fingerprint density at radius 2 is 2.30 bits per heavy atom. The van der Waals surface area contributed by atoms with Gasteiger partial charge in [0.2, 0.25) is 5.95 Å². The number of aromatic nitrogens is 3. The Bertz CT molecular complexity index is 639. The number of hydrogen-bond donors (Lipinski definition) is 1. The molecule has 20 heavy (non-hydrogen) atoms. The molecule has 1 N–H and O–H groups in total. The maximum atomic E-state index is 5.41. The van der Waals surface area contributed by atoms with Crippen LogP contribution in [-0.4, -0.2) is 21.8 Å². The molecule has 0 unspecified atom stereocenters. The van der Waals surface area contributed by atoms with Crippen molar-refractivity contribution in [3.8, 4) is 0 Å². The number of H-pyrrole nitrogens is 1. The van der Waals surface area contributed by atoms with Gasteiger partial charge in [-0.2, -0.15) is 0 Å². The molecule has 108 valence electrons. The lowest BCUT2D eigenvalue weighted by Crippen LogP contribution is -2.22. The first-order valence-corrected chi connectivity index (χ1v) is 8.84. The summed E-state index contributed by atoms with van der Waals surface area (Å²) in [6.07, 6.45) is 4.99. The smallest absolute Gasteiger partial charge is 0.226 e.